The maximum Gasteiger partial charge on any atom is 0.191 e. The first-order chi connectivity index (χ1) is 12.3. The Morgan fingerprint density at radius 2 is 2.12 bits per heavy atom. The summed E-state index contributed by atoms with van der Waals surface area (Å²) in [7, 11) is 1.82. The van der Waals surface area contributed by atoms with Crippen molar-refractivity contribution in [2.45, 2.75) is 45.1 Å². The van der Waals surface area contributed by atoms with Gasteiger partial charge in [0.2, 0.25) is 0 Å². The van der Waals surface area contributed by atoms with Gasteiger partial charge in [0.25, 0.3) is 0 Å². The molecule has 0 aliphatic heterocycles. The van der Waals surface area contributed by atoms with Crippen LogP contribution in [0.15, 0.2) is 42.0 Å². The summed E-state index contributed by atoms with van der Waals surface area (Å²) >= 11 is 0. The van der Waals surface area contributed by atoms with E-state index in [4.69, 9.17) is 0 Å². The molecule has 0 spiro atoms. The zero-order chi connectivity index (χ0) is 17.3. The Labute approximate surface area is 172 Å². The van der Waals surface area contributed by atoms with E-state index in [9.17, 15) is 0 Å². The minimum Gasteiger partial charge on any atom is -0.356 e. The number of aliphatic imine (C=N–C) groups is 1. The van der Waals surface area contributed by atoms with E-state index in [0.29, 0.717) is 6.54 Å². The number of imidazole rings is 1. The molecule has 2 heterocycles. The Hall–Kier alpha value is -1.64. The Morgan fingerprint density at radius 1 is 1.27 bits per heavy atom. The van der Waals surface area contributed by atoms with Crippen molar-refractivity contribution in [3.63, 3.8) is 0 Å². The van der Waals surface area contributed by atoms with Gasteiger partial charge in [-0.2, -0.15) is 0 Å². The third kappa shape index (κ3) is 6.26. The first kappa shape index (κ1) is 20.7. The number of nitrogens with one attached hydrogen (secondary N) is 2. The standard InChI is InChI=1S/C19H28N6.HI/c1-20-19(23-9-4-7-16-5-2-3-6-16)24-14-17-8-10-22-18(13-17)25-12-11-21-15-25;/h8,10-13,15-16H,2-7,9,14H2,1H3,(H2,20,23,24);1H. The molecule has 2 aromatic rings. The number of hydrogen-bond donors (Lipinski definition) is 2. The van der Waals surface area contributed by atoms with Crippen molar-refractivity contribution in [2.75, 3.05) is 13.6 Å². The molecule has 3 rings (SSSR count). The van der Waals surface area contributed by atoms with Crippen molar-refractivity contribution in [2.24, 2.45) is 10.9 Å². The van der Waals surface area contributed by atoms with E-state index in [1.54, 1.807) is 12.5 Å². The lowest BCUT2D eigenvalue weighted by molar-refractivity contribution is 0.481. The van der Waals surface area contributed by atoms with Gasteiger partial charge in [-0.3, -0.25) is 9.56 Å². The number of nitrogens with zero attached hydrogens (tertiary/aromatic N) is 4. The molecular weight excluding hydrogens is 439 g/mol. The highest BCUT2D eigenvalue weighted by Crippen LogP contribution is 2.28. The Balaban J connectivity index is 0.00000243. The van der Waals surface area contributed by atoms with Crippen LogP contribution in [0.4, 0.5) is 0 Å². The normalized spacial score (nSPS) is 14.9. The SMILES string of the molecule is CN=C(NCCCC1CCCC1)NCc1ccnc(-n2ccnc2)c1.I. The topological polar surface area (TPSA) is 67.1 Å². The number of pyridine rings is 1. The van der Waals surface area contributed by atoms with Crippen LogP contribution in [0.1, 0.15) is 44.1 Å². The van der Waals surface area contributed by atoms with Crippen molar-refractivity contribution in [3.05, 3.63) is 42.6 Å². The quantitative estimate of drug-likeness (QED) is 0.283. The molecule has 0 bridgehead atoms. The second-order valence-corrected chi connectivity index (χ2v) is 6.64. The molecule has 0 atom stereocenters. The van der Waals surface area contributed by atoms with Gasteiger partial charge in [0.1, 0.15) is 12.1 Å². The van der Waals surface area contributed by atoms with Crippen molar-refractivity contribution < 1.29 is 0 Å². The Bertz CT molecular complexity index is 664. The predicted octanol–water partition coefficient (Wildman–Crippen LogP) is 3.52. The second-order valence-electron chi connectivity index (χ2n) is 6.64. The van der Waals surface area contributed by atoms with Gasteiger partial charge in [-0.1, -0.05) is 25.7 Å². The van der Waals surface area contributed by atoms with Crippen LogP contribution in [0.5, 0.6) is 0 Å². The lowest BCUT2D eigenvalue weighted by atomic mass is 10.0. The van der Waals surface area contributed by atoms with Crippen LogP contribution in [0.2, 0.25) is 0 Å². The van der Waals surface area contributed by atoms with Gasteiger partial charge in [0.15, 0.2) is 5.96 Å². The first-order valence-electron chi connectivity index (χ1n) is 9.23. The van der Waals surface area contributed by atoms with Crippen molar-refractivity contribution in [1.82, 2.24) is 25.2 Å². The molecule has 1 saturated carbocycles. The van der Waals surface area contributed by atoms with E-state index in [1.165, 1.54) is 38.5 Å². The van der Waals surface area contributed by atoms with Crippen LogP contribution >= 0.6 is 24.0 Å². The summed E-state index contributed by atoms with van der Waals surface area (Å²) < 4.78 is 1.90. The van der Waals surface area contributed by atoms with Gasteiger partial charge in [-0.15, -0.1) is 24.0 Å². The average molecular weight is 468 g/mol. The molecule has 6 nitrogen and oxygen atoms in total. The summed E-state index contributed by atoms with van der Waals surface area (Å²) in [5, 5.41) is 6.79. The largest absolute Gasteiger partial charge is 0.356 e. The highest BCUT2D eigenvalue weighted by atomic mass is 127. The smallest absolute Gasteiger partial charge is 0.191 e. The molecule has 2 aromatic heterocycles. The summed E-state index contributed by atoms with van der Waals surface area (Å²) in [4.78, 5) is 12.7. The van der Waals surface area contributed by atoms with Crippen LogP contribution in [-0.2, 0) is 6.54 Å². The zero-order valence-electron chi connectivity index (χ0n) is 15.4. The highest BCUT2D eigenvalue weighted by molar-refractivity contribution is 14.0. The van der Waals surface area contributed by atoms with Gasteiger partial charge in [-0.05, 0) is 36.5 Å². The molecule has 142 valence electrons. The summed E-state index contributed by atoms with van der Waals surface area (Å²) in [5.41, 5.74) is 1.16. The molecule has 0 saturated heterocycles. The van der Waals surface area contributed by atoms with E-state index in [0.717, 1.165) is 29.8 Å². The zero-order valence-corrected chi connectivity index (χ0v) is 17.7. The van der Waals surface area contributed by atoms with E-state index >= 15 is 0 Å². The third-order valence-corrected chi connectivity index (χ3v) is 4.82. The van der Waals surface area contributed by atoms with Gasteiger partial charge in [-0.25, -0.2) is 9.97 Å². The minimum absolute atomic E-state index is 0. The van der Waals surface area contributed by atoms with Gasteiger partial charge >= 0.3 is 0 Å². The maximum atomic E-state index is 4.38. The van der Waals surface area contributed by atoms with E-state index in [1.807, 2.05) is 30.1 Å². The number of rotatable bonds is 7. The van der Waals surface area contributed by atoms with Crippen LogP contribution in [0.3, 0.4) is 0 Å². The van der Waals surface area contributed by atoms with E-state index in [2.05, 4.69) is 31.7 Å². The van der Waals surface area contributed by atoms with Crippen LogP contribution < -0.4 is 10.6 Å². The third-order valence-electron chi connectivity index (χ3n) is 4.82. The molecule has 0 amide bonds. The lowest BCUT2D eigenvalue weighted by Gasteiger charge is -2.13. The highest BCUT2D eigenvalue weighted by Gasteiger charge is 2.14. The molecule has 0 unspecified atom stereocenters. The Morgan fingerprint density at radius 3 is 2.85 bits per heavy atom. The summed E-state index contributed by atoms with van der Waals surface area (Å²) in [6, 6.07) is 4.07. The molecular formula is C19H29IN6. The molecule has 7 heteroatoms. The van der Waals surface area contributed by atoms with Crippen molar-refractivity contribution >= 4 is 29.9 Å². The lowest BCUT2D eigenvalue weighted by Crippen LogP contribution is -2.37. The molecule has 2 N–H and O–H groups in total. The molecule has 1 aliphatic rings. The molecule has 1 fully saturated rings. The maximum absolute atomic E-state index is 4.38. The van der Waals surface area contributed by atoms with E-state index in [-0.39, 0.29) is 24.0 Å². The first-order valence-corrected chi connectivity index (χ1v) is 9.23. The molecule has 1 aliphatic carbocycles. The Kier molecular flexibility index (Phi) is 8.87. The summed E-state index contributed by atoms with van der Waals surface area (Å²) in [6.45, 7) is 1.69. The predicted molar refractivity (Wildman–Crippen MR) is 116 cm³/mol. The average Bonchev–Trinajstić information content (AvgIpc) is 3.35. The number of hydrogen-bond acceptors (Lipinski definition) is 3. The minimum atomic E-state index is 0. The van der Waals surface area contributed by atoms with Gasteiger partial charge in [0, 0.05) is 38.7 Å². The van der Waals surface area contributed by atoms with Crippen LogP contribution in [0, 0.1) is 5.92 Å². The van der Waals surface area contributed by atoms with Crippen molar-refractivity contribution in [3.8, 4) is 5.82 Å². The fourth-order valence-electron chi connectivity index (χ4n) is 3.41. The summed E-state index contributed by atoms with van der Waals surface area (Å²) in [5.74, 6) is 2.68. The fraction of sp³-hybridized carbons (Fsp3) is 0.526. The van der Waals surface area contributed by atoms with Gasteiger partial charge in [0.05, 0.1) is 0 Å². The summed E-state index contributed by atoms with van der Waals surface area (Å²) in [6.07, 6.45) is 15.5. The monoisotopic (exact) mass is 468 g/mol. The molecule has 26 heavy (non-hydrogen) atoms. The van der Waals surface area contributed by atoms with Crippen molar-refractivity contribution in [1.29, 1.82) is 0 Å². The number of halogens is 1. The van der Waals surface area contributed by atoms with Crippen LogP contribution in [0.25, 0.3) is 5.82 Å². The number of guanidine groups is 1. The van der Waals surface area contributed by atoms with E-state index < -0.39 is 0 Å². The van der Waals surface area contributed by atoms with Crippen LogP contribution in [-0.4, -0.2) is 34.1 Å². The molecule has 0 radical (unpaired) electrons. The van der Waals surface area contributed by atoms with Gasteiger partial charge < -0.3 is 10.6 Å². The number of aromatic nitrogens is 3. The fourth-order valence-corrected chi connectivity index (χ4v) is 3.41. The second kappa shape index (κ2) is 11.2. The molecule has 0 aromatic carbocycles.